The van der Waals surface area contributed by atoms with Crippen LogP contribution in [0.25, 0.3) is 0 Å². The number of rotatable bonds is 2. The molecule has 1 spiro atoms. The maximum Gasteiger partial charge on any atom is 0.342 e. The van der Waals surface area contributed by atoms with Crippen LogP contribution in [0, 0.1) is 44.8 Å². The largest absolute Gasteiger partial charge is 0.342 e. The molecule has 21 heavy (non-hydrogen) atoms. The van der Waals surface area contributed by atoms with Gasteiger partial charge in [0.15, 0.2) is 10.8 Å². The monoisotopic (exact) mass is 289 g/mol. The summed E-state index contributed by atoms with van der Waals surface area (Å²) in [6, 6.07) is 4.72. The lowest BCUT2D eigenvalue weighted by atomic mass is 9.73. The van der Waals surface area contributed by atoms with Gasteiger partial charge in [0.1, 0.15) is 0 Å². The van der Waals surface area contributed by atoms with E-state index in [0.717, 1.165) is 25.7 Å². The molecular weight excluding hydrogens is 268 g/mol. The van der Waals surface area contributed by atoms with Crippen LogP contribution in [0.2, 0.25) is 0 Å². The lowest BCUT2D eigenvalue weighted by molar-refractivity contribution is -0.690. The van der Waals surface area contributed by atoms with Crippen molar-refractivity contribution in [3.8, 4) is 12.1 Å². The lowest BCUT2D eigenvalue weighted by Gasteiger charge is -2.35. The first kappa shape index (κ1) is 14.3. The van der Waals surface area contributed by atoms with Crippen LogP contribution in [0.1, 0.15) is 32.6 Å². The molecule has 2 saturated carbocycles. The molecule has 0 bridgehead atoms. The average Bonchev–Trinajstić information content (AvgIpc) is 2.94. The van der Waals surface area contributed by atoms with E-state index in [1.54, 1.807) is 0 Å². The molecule has 0 radical (unpaired) electrons. The Morgan fingerprint density at radius 2 is 1.76 bits per heavy atom. The first-order valence-electron chi connectivity index (χ1n) is 7.31. The summed E-state index contributed by atoms with van der Waals surface area (Å²) in [6.07, 6.45) is 3.57. The second kappa shape index (κ2) is 3.97. The fourth-order valence-corrected chi connectivity index (χ4v) is 5.09. The highest BCUT2D eigenvalue weighted by Gasteiger charge is 3.03. The molecule has 3 aliphatic rings. The smallest absolute Gasteiger partial charge is 0.317 e. The van der Waals surface area contributed by atoms with Gasteiger partial charge < -0.3 is 9.47 Å². The van der Waals surface area contributed by atoms with Crippen molar-refractivity contribution in [1.82, 2.24) is 0 Å². The minimum atomic E-state index is -1.35. The fourth-order valence-electron chi connectivity index (χ4n) is 5.09. The lowest BCUT2D eigenvalue weighted by Crippen LogP contribution is -2.91. The van der Waals surface area contributed by atoms with E-state index in [-0.39, 0.29) is 0 Å². The second-order valence-corrected chi connectivity index (χ2v) is 6.55. The van der Waals surface area contributed by atoms with Crippen molar-refractivity contribution in [1.29, 1.82) is 10.5 Å². The number of fused-ring (bicyclic) bond motifs is 3. The Labute approximate surface area is 124 Å². The van der Waals surface area contributed by atoms with Gasteiger partial charge in [-0.15, -0.1) is 0 Å². The maximum atomic E-state index is 9.99. The van der Waals surface area contributed by atoms with E-state index in [4.69, 9.17) is 15.2 Å². The molecule has 0 unspecified atom stereocenters. The topological polar surface area (TPSA) is 106 Å². The first-order valence-corrected chi connectivity index (χ1v) is 7.31. The van der Waals surface area contributed by atoms with E-state index in [0.29, 0.717) is 11.8 Å². The van der Waals surface area contributed by atoms with Crippen LogP contribution >= 0.6 is 0 Å². The van der Waals surface area contributed by atoms with E-state index in [1.807, 2.05) is 0 Å². The number of nitrogens with one attached hydrogen (secondary N) is 1. The van der Waals surface area contributed by atoms with Gasteiger partial charge in [-0.25, -0.2) is 4.99 Å². The zero-order valence-corrected chi connectivity index (χ0v) is 12.7. The van der Waals surface area contributed by atoms with Crippen LogP contribution in [0.5, 0.6) is 0 Å². The highest BCUT2D eigenvalue weighted by atomic mass is 16.7. The van der Waals surface area contributed by atoms with Crippen LogP contribution in [0.4, 0.5) is 0 Å². The van der Waals surface area contributed by atoms with Crippen LogP contribution in [-0.2, 0) is 9.47 Å². The van der Waals surface area contributed by atoms with Crippen molar-refractivity contribution in [3.63, 3.8) is 0 Å². The molecule has 2 atom stereocenters. The number of hydrogen-bond acceptors (Lipinski definition) is 5. The van der Waals surface area contributed by atoms with Crippen molar-refractivity contribution in [3.05, 3.63) is 0 Å². The molecule has 3 rings (SSSR count). The number of ether oxygens (including phenoxy) is 2. The fraction of sp³-hybridized carbons (Fsp3) is 0.800. The highest BCUT2D eigenvalue weighted by molar-refractivity contribution is 5.95. The van der Waals surface area contributed by atoms with Gasteiger partial charge in [0, 0.05) is 19.6 Å². The third-order valence-electron chi connectivity index (χ3n) is 6.17. The van der Waals surface area contributed by atoms with Gasteiger partial charge in [0.25, 0.3) is 5.84 Å². The summed E-state index contributed by atoms with van der Waals surface area (Å²) < 4.78 is 11.1. The molecule has 1 heterocycles. The molecule has 3 N–H and O–H groups in total. The minimum Gasteiger partial charge on any atom is -0.317 e. The van der Waals surface area contributed by atoms with E-state index < -0.39 is 22.2 Å². The summed E-state index contributed by atoms with van der Waals surface area (Å²) in [5.41, 5.74) is 3.58. The quantitative estimate of drug-likeness (QED) is 0.674. The summed E-state index contributed by atoms with van der Waals surface area (Å²) in [4.78, 5) is 2.94. The van der Waals surface area contributed by atoms with Crippen molar-refractivity contribution < 1.29 is 14.5 Å². The molecule has 1 aliphatic heterocycles. The van der Waals surface area contributed by atoms with Crippen molar-refractivity contribution in [2.24, 2.45) is 27.9 Å². The maximum absolute atomic E-state index is 9.99. The number of amidine groups is 1. The number of nitrogens with zero attached hydrogens (tertiary/aromatic N) is 2. The zero-order valence-electron chi connectivity index (χ0n) is 12.7. The summed E-state index contributed by atoms with van der Waals surface area (Å²) in [7, 11) is 2.96. The minimum absolute atomic E-state index is 0.310. The standard InChI is InChI=1S/C15H20N4O2/c1-10-4-6-12(7-5-10)13(8-16)11(18)19-15(20-2,21-3)14(12,13)9-17/h10H,4-7H2,1-3H3,(H2,18,19)/p+1/t10?,12?,13-,14+/m0/s1. The molecule has 2 aliphatic carbocycles. The second-order valence-electron chi connectivity index (χ2n) is 6.55. The molecule has 0 aromatic rings. The van der Waals surface area contributed by atoms with Gasteiger partial charge in [0.2, 0.25) is 0 Å². The Morgan fingerprint density at radius 3 is 2.19 bits per heavy atom. The average molecular weight is 289 g/mol. The molecule has 112 valence electrons. The van der Waals surface area contributed by atoms with Crippen molar-refractivity contribution in [2.75, 3.05) is 14.2 Å². The highest BCUT2D eigenvalue weighted by Crippen LogP contribution is 2.86. The molecule has 2 fully saturated rings. The van der Waals surface area contributed by atoms with Gasteiger partial charge in [-0.2, -0.15) is 10.5 Å². The molecule has 0 aromatic carbocycles. The van der Waals surface area contributed by atoms with Gasteiger partial charge in [-0.05, 0) is 18.8 Å². The van der Waals surface area contributed by atoms with Crippen LogP contribution in [0.15, 0.2) is 0 Å². The van der Waals surface area contributed by atoms with Gasteiger partial charge in [-0.1, -0.05) is 19.8 Å². The van der Waals surface area contributed by atoms with Gasteiger partial charge in [-0.3, -0.25) is 5.73 Å². The molecule has 0 amide bonds. The van der Waals surface area contributed by atoms with Crippen LogP contribution in [0.3, 0.4) is 0 Å². The Balaban J connectivity index is 2.21. The molecule has 6 nitrogen and oxygen atoms in total. The van der Waals surface area contributed by atoms with E-state index in [9.17, 15) is 10.5 Å². The molecule has 6 heteroatoms. The Morgan fingerprint density at radius 1 is 1.19 bits per heavy atom. The summed E-state index contributed by atoms with van der Waals surface area (Å²) in [6.45, 7) is 2.20. The third kappa shape index (κ3) is 1.08. The summed E-state index contributed by atoms with van der Waals surface area (Å²) in [5.74, 6) is -0.427. The third-order valence-corrected chi connectivity index (χ3v) is 6.17. The molecular formula is C15H21N4O2+. The van der Waals surface area contributed by atoms with E-state index >= 15 is 0 Å². The first-order chi connectivity index (χ1) is 9.97. The Kier molecular flexibility index (Phi) is 2.71. The number of nitrogens with two attached hydrogens (primary N) is 1. The number of hydrogen-bond donors (Lipinski definition) is 2. The number of nitriles is 2. The van der Waals surface area contributed by atoms with Crippen LogP contribution in [-0.4, -0.2) is 26.0 Å². The zero-order chi connectivity index (χ0) is 15.5. The summed E-state index contributed by atoms with van der Waals surface area (Å²) in [5, 5.41) is 19.9. The van der Waals surface area contributed by atoms with Crippen molar-refractivity contribution in [2.45, 2.75) is 38.5 Å². The summed E-state index contributed by atoms with van der Waals surface area (Å²) >= 11 is 0. The Bertz CT molecular complexity index is 590. The van der Waals surface area contributed by atoms with E-state index in [1.165, 1.54) is 14.2 Å². The van der Waals surface area contributed by atoms with Gasteiger partial charge >= 0.3 is 5.91 Å². The Hall–Kier alpha value is -1.63. The predicted molar refractivity (Wildman–Crippen MR) is 73.1 cm³/mol. The predicted octanol–water partition coefficient (Wildman–Crippen LogP) is -0.386. The molecule has 0 saturated heterocycles. The molecule has 0 aromatic heterocycles. The van der Waals surface area contributed by atoms with Gasteiger partial charge in [0.05, 0.1) is 12.1 Å². The van der Waals surface area contributed by atoms with E-state index in [2.05, 4.69) is 24.1 Å². The number of methoxy groups -OCH3 is 2. The normalized spacial score (nSPS) is 46.3. The van der Waals surface area contributed by atoms with Crippen molar-refractivity contribution >= 4 is 5.84 Å². The SMILES string of the molecule is COC1(OC)[NH+]=C(N)[C@@]2(C#N)C3(CCC(C)CC3)[C@@]12C#N. The van der Waals surface area contributed by atoms with Crippen LogP contribution < -0.4 is 10.7 Å².